The lowest BCUT2D eigenvalue weighted by atomic mass is 10.4. The molecule has 17 heavy (non-hydrogen) atoms. The Morgan fingerprint density at radius 2 is 1.76 bits per heavy atom. The van der Waals surface area contributed by atoms with Crippen LogP contribution in [-0.4, -0.2) is 51.9 Å². The second kappa shape index (κ2) is 8.48. The van der Waals surface area contributed by atoms with Gasteiger partial charge in [-0.15, -0.1) is 0 Å². The molecule has 1 aliphatic rings. The summed E-state index contributed by atoms with van der Waals surface area (Å²) in [4.78, 5) is 0. The van der Waals surface area contributed by atoms with Gasteiger partial charge in [0.25, 0.3) is 0 Å². The third-order valence-corrected chi connectivity index (χ3v) is 5.47. The van der Waals surface area contributed by atoms with E-state index in [1.165, 1.54) is 18.9 Å². The Labute approximate surface area is 114 Å². The smallest absolute Gasteiger partial charge is 0.189 e. The van der Waals surface area contributed by atoms with E-state index in [0.717, 1.165) is 13.0 Å². The van der Waals surface area contributed by atoms with Gasteiger partial charge in [-0.2, -0.15) is 0 Å². The highest BCUT2D eigenvalue weighted by molar-refractivity contribution is 6.71. The average molecular weight is 284 g/mol. The van der Waals surface area contributed by atoms with Gasteiger partial charge in [0.1, 0.15) is 0 Å². The van der Waals surface area contributed by atoms with Crippen LogP contribution in [0.5, 0.6) is 0 Å². The quantitative estimate of drug-likeness (QED) is 0.418. The number of aliphatic hydroxyl groups is 1. The lowest BCUT2D eigenvalue weighted by Crippen LogP contribution is -3.00. The number of hydrogen-bond donors (Lipinski definition) is 1. The molecule has 3 nitrogen and oxygen atoms in total. The van der Waals surface area contributed by atoms with Crippen molar-refractivity contribution in [3.63, 3.8) is 0 Å². The summed E-state index contributed by atoms with van der Waals surface area (Å²) in [5.74, 6) is 0. The Morgan fingerprint density at radius 3 is 1.88 bits per heavy atom. The van der Waals surface area contributed by atoms with Crippen LogP contribution in [0.25, 0.3) is 0 Å². The van der Waals surface area contributed by atoms with Crippen molar-refractivity contribution in [1.29, 1.82) is 0 Å². The van der Waals surface area contributed by atoms with E-state index >= 15 is 0 Å². The monoisotopic (exact) mass is 283 g/mol. The van der Waals surface area contributed by atoms with Gasteiger partial charge in [-0.1, -0.05) is 13.3 Å². The van der Waals surface area contributed by atoms with Crippen molar-refractivity contribution >= 4 is 8.32 Å². The number of halogens is 1. The first-order valence-electron chi connectivity index (χ1n) is 6.32. The third kappa shape index (κ3) is 10.0. The number of aliphatic hydroxyl groups excluding tert-OH is 1. The van der Waals surface area contributed by atoms with E-state index in [-0.39, 0.29) is 18.6 Å². The van der Waals surface area contributed by atoms with Crippen LogP contribution >= 0.6 is 0 Å². The van der Waals surface area contributed by atoms with Crippen molar-refractivity contribution in [1.82, 2.24) is 0 Å². The van der Waals surface area contributed by atoms with Gasteiger partial charge in [-0.3, -0.25) is 0 Å². The minimum Gasteiger partial charge on any atom is -1.00 e. The van der Waals surface area contributed by atoms with Gasteiger partial charge in [-0.05, 0) is 25.6 Å². The van der Waals surface area contributed by atoms with Gasteiger partial charge in [0, 0.05) is 13.0 Å². The molecule has 0 bridgehead atoms. The van der Waals surface area contributed by atoms with Gasteiger partial charge < -0.3 is 26.4 Å². The molecule has 0 aromatic heterocycles. The van der Waals surface area contributed by atoms with Crippen molar-refractivity contribution in [2.24, 2.45) is 0 Å². The zero-order valence-electron chi connectivity index (χ0n) is 12.3. The molecule has 106 valence electrons. The van der Waals surface area contributed by atoms with Gasteiger partial charge in [0.2, 0.25) is 0 Å². The lowest BCUT2D eigenvalue weighted by molar-refractivity contribution is -0.918. The molecule has 1 rings (SSSR count). The molecule has 0 spiro atoms. The van der Waals surface area contributed by atoms with E-state index in [0.29, 0.717) is 4.48 Å². The van der Waals surface area contributed by atoms with Crippen molar-refractivity contribution < 1.29 is 26.4 Å². The molecule has 0 amide bonds. The van der Waals surface area contributed by atoms with E-state index < -0.39 is 8.32 Å². The van der Waals surface area contributed by atoms with Crippen LogP contribution in [0.3, 0.4) is 0 Å². The molecule has 1 saturated heterocycles. The Hall–Kier alpha value is 0.387. The first kappa shape index (κ1) is 19.7. The molecule has 5 heteroatoms. The largest absolute Gasteiger partial charge is 1.00 e. The standard InChI is InChI=1S/C6H16NO.C6H14OSi.ClH/c1-5-6(8)7(2,3)4;1-8(2)6-4-3-5-7-8;/h6,8H,5H2,1-4H3;3-6H2,1-2H3;1H/q+1;;/p-1. The van der Waals surface area contributed by atoms with E-state index in [1.54, 1.807) is 0 Å². The molecule has 1 unspecified atom stereocenters. The van der Waals surface area contributed by atoms with Crippen LogP contribution in [-0.2, 0) is 4.43 Å². The molecule has 0 aromatic rings. The fourth-order valence-corrected chi connectivity index (χ4v) is 3.56. The van der Waals surface area contributed by atoms with Gasteiger partial charge >= 0.3 is 0 Å². The minimum absolute atomic E-state index is 0. The van der Waals surface area contributed by atoms with Crippen LogP contribution in [0.2, 0.25) is 19.1 Å². The maximum absolute atomic E-state index is 9.17. The Bertz CT molecular complexity index is 184. The third-order valence-electron chi connectivity index (χ3n) is 2.93. The fraction of sp³-hybridized carbons (Fsp3) is 1.00. The summed E-state index contributed by atoms with van der Waals surface area (Å²) in [7, 11) is 4.85. The van der Waals surface area contributed by atoms with E-state index in [9.17, 15) is 0 Å². The highest BCUT2D eigenvalue weighted by Gasteiger charge is 2.24. The van der Waals surface area contributed by atoms with Crippen molar-refractivity contribution in [2.75, 3.05) is 27.7 Å². The number of quaternary nitrogens is 1. The zero-order valence-corrected chi connectivity index (χ0v) is 14.0. The predicted molar refractivity (Wildman–Crippen MR) is 71.8 cm³/mol. The summed E-state index contributed by atoms with van der Waals surface area (Å²) in [5.41, 5.74) is 0. The van der Waals surface area contributed by atoms with Gasteiger partial charge in [0.05, 0.1) is 21.1 Å². The van der Waals surface area contributed by atoms with E-state index in [2.05, 4.69) is 13.1 Å². The molecular weight excluding hydrogens is 254 g/mol. The van der Waals surface area contributed by atoms with Crippen LogP contribution in [0.4, 0.5) is 0 Å². The normalized spacial score (nSPS) is 20.6. The van der Waals surface area contributed by atoms with E-state index in [4.69, 9.17) is 9.53 Å². The van der Waals surface area contributed by atoms with Gasteiger partial charge in [-0.25, -0.2) is 0 Å². The Morgan fingerprint density at radius 1 is 1.24 bits per heavy atom. The summed E-state index contributed by atoms with van der Waals surface area (Å²) in [6, 6.07) is 1.37. The molecule has 0 saturated carbocycles. The number of nitrogens with zero attached hydrogens (tertiary/aromatic N) is 1. The summed E-state index contributed by atoms with van der Waals surface area (Å²) in [6.45, 7) is 7.60. The van der Waals surface area contributed by atoms with Crippen LogP contribution < -0.4 is 12.4 Å². The SMILES string of the molecule is CCC(O)[N+](C)(C)C.C[Si]1(C)CCCCO1.[Cl-]. The number of hydrogen-bond acceptors (Lipinski definition) is 2. The summed E-state index contributed by atoms with van der Waals surface area (Å²) < 4.78 is 6.24. The second-order valence-corrected chi connectivity index (χ2v) is 10.4. The molecule has 0 aliphatic carbocycles. The van der Waals surface area contributed by atoms with Crippen molar-refractivity contribution in [3.8, 4) is 0 Å². The van der Waals surface area contributed by atoms with Crippen molar-refractivity contribution in [3.05, 3.63) is 0 Å². The van der Waals surface area contributed by atoms with Crippen LogP contribution in [0.15, 0.2) is 0 Å². The van der Waals surface area contributed by atoms with Crippen LogP contribution in [0.1, 0.15) is 26.2 Å². The van der Waals surface area contributed by atoms with Crippen LogP contribution in [0, 0.1) is 0 Å². The predicted octanol–water partition coefficient (Wildman–Crippen LogP) is -0.573. The highest BCUT2D eigenvalue weighted by Crippen LogP contribution is 2.20. The summed E-state index contributed by atoms with van der Waals surface area (Å²) in [6.07, 6.45) is 3.30. The maximum Gasteiger partial charge on any atom is 0.189 e. The summed E-state index contributed by atoms with van der Waals surface area (Å²) >= 11 is 0. The zero-order chi connectivity index (χ0) is 12.8. The van der Waals surface area contributed by atoms with Gasteiger partial charge in [0.15, 0.2) is 14.5 Å². The molecule has 1 fully saturated rings. The second-order valence-electron chi connectivity index (χ2n) is 6.07. The first-order chi connectivity index (χ1) is 7.19. The number of rotatable bonds is 2. The average Bonchev–Trinajstić information content (AvgIpc) is 2.15. The first-order valence-corrected chi connectivity index (χ1v) is 9.44. The molecule has 1 aliphatic heterocycles. The van der Waals surface area contributed by atoms with E-state index in [1.807, 2.05) is 28.1 Å². The highest BCUT2D eigenvalue weighted by atomic mass is 35.5. The molecule has 1 atom stereocenters. The topological polar surface area (TPSA) is 29.5 Å². The molecule has 1 heterocycles. The Balaban J connectivity index is 0. The summed E-state index contributed by atoms with van der Waals surface area (Å²) in [5, 5.41) is 9.17. The minimum atomic E-state index is -1.09. The molecule has 0 radical (unpaired) electrons. The van der Waals surface area contributed by atoms with Crippen molar-refractivity contribution in [2.45, 2.75) is 51.6 Å². The Kier molecular flexibility index (Phi) is 9.84. The molecule has 1 N–H and O–H groups in total. The fourth-order valence-electron chi connectivity index (χ4n) is 1.62. The lowest BCUT2D eigenvalue weighted by Gasteiger charge is -2.28. The molecular formula is C12H30ClNO2Si. The maximum atomic E-state index is 9.17. The molecule has 0 aromatic carbocycles.